The van der Waals surface area contributed by atoms with Crippen LogP contribution in [0.4, 0.5) is 14.5 Å². The van der Waals surface area contributed by atoms with Gasteiger partial charge in [-0.1, -0.05) is 47.7 Å². The maximum atomic E-state index is 13.4. The molecule has 0 aliphatic heterocycles. The average molecular weight is 467 g/mol. The molecule has 1 heterocycles. The molecule has 1 aromatic heterocycles. The monoisotopic (exact) mass is 466 g/mol. The molecule has 1 amide bonds. The molecule has 6 nitrogen and oxygen atoms in total. The van der Waals surface area contributed by atoms with Gasteiger partial charge in [0.15, 0.2) is 22.6 Å². The molecule has 0 saturated heterocycles. The second kappa shape index (κ2) is 10.3. The highest BCUT2D eigenvalue weighted by atomic mass is 32.2. The van der Waals surface area contributed by atoms with Gasteiger partial charge in [-0.25, -0.2) is 8.78 Å². The van der Waals surface area contributed by atoms with Gasteiger partial charge in [0.25, 0.3) is 0 Å². The van der Waals surface area contributed by atoms with Crippen molar-refractivity contribution >= 4 is 23.4 Å². The summed E-state index contributed by atoms with van der Waals surface area (Å²) in [6, 6.07) is 20.4. The Bertz CT molecular complexity index is 1250. The second-order valence-corrected chi connectivity index (χ2v) is 8.08. The molecule has 0 fully saturated rings. The topological polar surface area (TPSA) is 69.0 Å². The van der Waals surface area contributed by atoms with Crippen LogP contribution in [0.3, 0.4) is 0 Å². The number of carbonyl (C=O) groups is 1. The van der Waals surface area contributed by atoms with Gasteiger partial charge in [-0.3, -0.25) is 9.36 Å². The van der Waals surface area contributed by atoms with Crippen molar-refractivity contribution in [3.63, 3.8) is 0 Å². The molecule has 4 aromatic rings. The van der Waals surface area contributed by atoms with Crippen LogP contribution in [0.25, 0.3) is 5.69 Å². The van der Waals surface area contributed by atoms with Crippen molar-refractivity contribution in [2.45, 2.75) is 18.7 Å². The Labute approximate surface area is 193 Å². The summed E-state index contributed by atoms with van der Waals surface area (Å²) >= 11 is 1.18. The highest BCUT2D eigenvalue weighted by molar-refractivity contribution is 7.99. The molecular weight excluding hydrogens is 446 g/mol. The summed E-state index contributed by atoms with van der Waals surface area (Å²) in [7, 11) is 0. The number of aryl methyl sites for hydroxylation is 1. The van der Waals surface area contributed by atoms with E-state index in [4.69, 9.17) is 4.74 Å². The molecule has 1 N–H and O–H groups in total. The third-order valence-electron chi connectivity index (χ3n) is 4.64. The molecule has 4 rings (SSSR count). The number of carbonyl (C=O) groups excluding carboxylic acids is 1. The summed E-state index contributed by atoms with van der Waals surface area (Å²) in [4.78, 5) is 12.4. The minimum Gasteiger partial charge on any atom is -0.486 e. The Morgan fingerprint density at radius 2 is 1.76 bits per heavy atom. The van der Waals surface area contributed by atoms with Crippen LogP contribution in [0.2, 0.25) is 0 Å². The van der Waals surface area contributed by atoms with E-state index in [1.807, 2.05) is 66.1 Å². The van der Waals surface area contributed by atoms with E-state index in [2.05, 4.69) is 15.5 Å². The van der Waals surface area contributed by atoms with Gasteiger partial charge in [0.05, 0.1) is 5.75 Å². The first kappa shape index (κ1) is 22.5. The first-order valence-electron chi connectivity index (χ1n) is 10.1. The fraction of sp³-hybridized carbons (Fsp3) is 0.125. The van der Waals surface area contributed by atoms with E-state index in [0.29, 0.717) is 16.7 Å². The number of aromatic nitrogens is 3. The third-order valence-corrected chi connectivity index (χ3v) is 5.57. The standard InChI is InChI=1S/C24H20F2N4O2S/c1-16-7-10-18(11-8-16)30-22(14-32-19-5-3-2-4-6-19)28-29-24(30)33-15-23(31)27-17-9-12-20(25)21(26)13-17/h2-13H,14-15H2,1H3,(H,27,31). The van der Waals surface area contributed by atoms with Crippen LogP contribution in [-0.4, -0.2) is 26.4 Å². The van der Waals surface area contributed by atoms with Crippen LogP contribution in [-0.2, 0) is 11.4 Å². The molecular formula is C24H20F2N4O2S. The Kier molecular flexibility index (Phi) is 6.99. The highest BCUT2D eigenvalue weighted by Gasteiger charge is 2.17. The maximum absolute atomic E-state index is 13.4. The van der Waals surface area contributed by atoms with Gasteiger partial charge >= 0.3 is 0 Å². The van der Waals surface area contributed by atoms with Gasteiger partial charge in [0.2, 0.25) is 5.91 Å². The minimum atomic E-state index is -1.03. The van der Waals surface area contributed by atoms with Crippen molar-refractivity contribution in [1.82, 2.24) is 14.8 Å². The molecule has 9 heteroatoms. The molecule has 0 bridgehead atoms. The smallest absolute Gasteiger partial charge is 0.234 e. The zero-order valence-corrected chi connectivity index (χ0v) is 18.5. The lowest BCUT2D eigenvalue weighted by molar-refractivity contribution is -0.113. The number of ether oxygens (including phenoxy) is 1. The quantitative estimate of drug-likeness (QED) is 0.363. The summed E-state index contributed by atoms with van der Waals surface area (Å²) in [6.45, 7) is 2.18. The maximum Gasteiger partial charge on any atom is 0.234 e. The molecule has 0 unspecified atom stereocenters. The number of hydrogen-bond acceptors (Lipinski definition) is 5. The lowest BCUT2D eigenvalue weighted by Crippen LogP contribution is -2.15. The van der Waals surface area contributed by atoms with Crippen molar-refractivity contribution in [3.05, 3.63) is 95.8 Å². The molecule has 0 spiro atoms. The van der Waals surface area contributed by atoms with E-state index in [1.54, 1.807) is 0 Å². The number of nitrogens with one attached hydrogen (secondary N) is 1. The number of rotatable bonds is 8. The van der Waals surface area contributed by atoms with Crippen molar-refractivity contribution in [2.75, 3.05) is 11.1 Å². The van der Waals surface area contributed by atoms with E-state index in [-0.39, 0.29) is 24.0 Å². The summed E-state index contributed by atoms with van der Waals surface area (Å²) in [5.41, 5.74) is 2.12. The zero-order valence-electron chi connectivity index (χ0n) is 17.7. The van der Waals surface area contributed by atoms with E-state index >= 15 is 0 Å². The van der Waals surface area contributed by atoms with E-state index < -0.39 is 11.6 Å². The molecule has 0 saturated carbocycles. The first-order chi connectivity index (χ1) is 16.0. The molecule has 0 radical (unpaired) electrons. The van der Waals surface area contributed by atoms with Crippen molar-refractivity contribution in [2.24, 2.45) is 0 Å². The van der Waals surface area contributed by atoms with Gasteiger partial charge in [-0.15, -0.1) is 10.2 Å². The first-order valence-corrected chi connectivity index (χ1v) is 11.0. The number of benzene rings is 3. The highest BCUT2D eigenvalue weighted by Crippen LogP contribution is 2.24. The molecule has 3 aromatic carbocycles. The van der Waals surface area contributed by atoms with Crippen molar-refractivity contribution < 1.29 is 18.3 Å². The molecule has 0 aliphatic rings. The van der Waals surface area contributed by atoms with Crippen LogP contribution < -0.4 is 10.1 Å². The van der Waals surface area contributed by atoms with Crippen molar-refractivity contribution in [3.8, 4) is 11.4 Å². The van der Waals surface area contributed by atoms with Crippen LogP contribution in [0, 0.1) is 18.6 Å². The van der Waals surface area contributed by atoms with Crippen LogP contribution in [0.1, 0.15) is 11.4 Å². The lowest BCUT2D eigenvalue weighted by Gasteiger charge is -2.11. The lowest BCUT2D eigenvalue weighted by atomic mass is 10.2. The summed E-state index contributed by atoms with van der Waals surface area (Å²) < 4.78 is 34.1. The Balaban J connectivity index is 1.50. The summed E-state index contributed by atoms with van der Waals surface area (Å²) in [6.07, 6.45) is 0. The number of nitrogens with zero attached hydrogens (tertiary/aromatic N) is 3. The average Bonchev–Trinajstić information content (AvgIpc) is 3.23. The fourth-order valence-electron chi connectivity index (χ4n) is 3.01. The number of amides is 1. The Morgan fingerprint density at radius 1 is 1.00 bits per heavy atom. The normalized spacial score (nSPS) is 10.8. The number of halogens is 2. The van der Waals surface area contributed by atoms with Gasteiger partial charge in [-0.05, 0) is 43.3 Å². The predicted octanol–water partition coefficient (Wildman–Crippen LogP) is 5.16. The number of anilines is 1. The zero-order chi connectivity index (χ0) is 23.2. The van der Waals surface area contributed by atoms with Gasteiger partial charge in [-0.2, -0.15) is 0 Å². The summed E-state index contributed by atoms with van der Waals surface area (Å²) in [5.74, 6) is -1.10. The second-order valence-electron chi connectivity index (χ2n) is 7.14. The van der Waals surface area contributed by atoms with Crippen LogP contribution >= 0.6 is 11.8 Å². The Morgan fingerprint density at radius 3 is 2.48 bits per heavy atom. The minimum absolute atomic E-state index is 0.00251. The molecule has 0 aliphatic carbocycles. The van der Waals surface area contributed by atoms with E-state index in [1.165, 1.54) is 17.8 Å². The van der Waals surface area contributed by atoms with Gasteiger partial charge in [0.1, 0.15) is 12.4 Å². The van der Waals surface area contributed by atoms with Crippen LogP contribution in [0.15, 0.2) is 78.0 Å². The molecule has 33 heavy (non-hydrogen) atoms. The summed E-state index contributed by atoms with van der Waals surface area (Å²) in [5, 5.41) is 11.6. The van der Waals surface area contributed by atoms with E-state index in [0.717, 1.165) is 23.4 Å². The molecule has 168 valence electrons. The SMILES string of the molecule is Cc1ccc(-n2c(COc3ccccc3)nnc2SCC(=O)Nc2ccc(F)c(F)c2)cc1. The van der Waals surface area contributed by atoms with Gasteiger partial charge in [0, 0.05) is 17.4 Å². The largest absolute Gasteiger partial charge is 0.486 e. The molecule has 0 atom stereocenters. The fourth-order valence-corrected chi connectivity index (χ4v) is 3.78. The van der Waals surface area contributed by atoms with Crippen LogP contribution in [0.5, 0.6) is 5.75 Å². The predicted molar refractivity (Wildman–Crippen MR) is 123 cm³/mol. The number of hydrogen-bond donors (Lipinski definition) is 1. The van der Waals surface area contributed by atoms with E-state index in [9.17, 15) is 13.6 Å². The van der Waals surface area contributed by atoms with Gasteiger partial charge < -0.3 is 10.1 Å². The number of para-hydroxylation sites is 1. The third kappa shape index (κ3) is 5.75. The van der Waals surface area contributed by atoms with Crippen molar-refractivity contribution in [1.29, 1.82) is 0 Å². The number of thioether (sulfide) groups is 1. The Hall–Kier alpha value is -3.72.